The number of carbonyl (C=O) groups is 1. The van der Waals surface area contributed by atoms with E-state index in [2.05, 4.69) is 19.1 Å². The van der Waals surface area contributed by atoms with E-state index < -0.39 is 0 Å². The van der Waals surface area contributed by atoms with Gasteiger partial charge in [-0.1, -0.05) is 18.2 Å². The van der Waals surface area contributed by atoms with E-state index in [1.54, 1.807) is 0 Å². The molecular formula is C19H24N2O2. The second kappa shape index (κ2) is 7.04. The molecule has 0 radical (unpaired) electrons. The third-order valence-corrected chi connectivity index (χ3v) is 5.08. The lowest BCUT2D eigenvalue weighted by atomic mass is 9.89. The summed E-state index contributed by atoms with van der Waals surface area (Å²) in [7, 11) is 0. The van der Waals surface area contributed by atoms with E-state index in [4.69, 9.17) is 10.00 Å². The fourth-order valence-electron chi connectivity index (χ4n) is 3.51. The van der Waals surface area contributed by atoms with Crippen LogP contribution in [0.25, 0.3) is 0 Å². The van der Waals surface area contributed by atoms with E-state index in [1.807, 2.05) is 23.1 Å². The van der Waals surface area contributed by atoms with E-state index in [0.29, 0.717) is 31.9 Å². The number of hydrogen-bond donors (Lipinski definition) is 0. The first-order chi connectivity index (χ1) is 11.2. The Morgan fingerprint density at radius 3 is 2.91 bits per heavy atom. The highest BCUT2D eigenvalue weighted by Gasteiger charge is 2.35. The highest BCUT2D eigenvalue weighted by molar-refractivity contribution is 5.77. The number of hydrogen-bond acceptors (Lipinski definition) is 3. The summed E-state index contributed by atoms with van der Waals surface area (Å²) in [6.07, 6.45) is 4.22. The first-order valence-electron chi connectivity index (χ1n) is 8.59. The first-order valence-corrected chi connectivity index (χ1v) is 8.59. The van der Waals surface area contributed by atoms with Crippen LogP contribution >= 0.6 is 0 Å². The SMILES string of the molecule is C[C@H](C1CC1)N(CCC#N)C(=O)C[C@@H]1CCOc2ccccc21. The zero-order valence-corrected chi connectivity index (χ0v) is 13.7. The lowest BCUT2D eigenvalue weighted by molar-refractivity contribution is -0.134. The van der Waals surface area contributed by atoms with E-state index in [-0.39, 0.29) is 17.9 Å². The minimum absolute atomic E-state index is 0.182. The number of nitriles is 1. The van der Waals surface area contributed by atoms with Crippen molar-refractivity contribution in [3.8, 4) is 11.8 Å². The Morgan fingerprint density at radius 2 is 2.17 bits per heavy atom. The van der Waals surface area contributed by atoms with Gasteiger partial charge in [0.05, 0.1) is 19.1 Å². The van der Waals surface area contributed by atoms with Crippen molar-refractivity contribution in [3.05, 3.63) is 29.8 Å². The van der Waals surface area contributed by atoms with Crippen LogP contribution in [0, 0.1) is 17.2 Å². The molecule has 2 atom stereocenters. The Bertz CT molecular complexity index is 604. The molecule has 0 aromatic heterocycles. The Hall–Kier alpha value is -2.02. The molecule has 1 saturated carbocycles. The van der Waals surface area contributed by atoms with Gasteiger partial charge in [0.2, 0.25) is 5.91 Å². The molecule has 4 nitrogen and oxygen atoms in total. The third kappa shape index (κ3) is 3.67. The molecule has 1 heterocycles. The van der Waals surface area contributed by atoms with Gasteiger partial charge in [-0.05, 0) is 49.7 Å². The van der Waals surface area contributed by atoms with Gasteiger partial charge in [0.25, 0.3) is 0 Å². The molecule has 0 bridgehead atoms. The maximum Gasteiger partial charge on any atom is 0.223 e. The van der Waals surface area contributed by atoms with E-state index in [9.17, 15) is 4.79 Å². The average Bonchev–Trinajstić information content (AvgIpc) is 3.40. The van der Waals surface area contributed by atoms with Gasteiger partial charge in [0.1, 0.15) is 5.75 Å². The van der Waals surface area contributed by atoms with Gasteiger partial charge in [0, 0.05) is 19.0 Å². The molecule has 3 rings (SSSR count). The molecule has 0 saturated heterocycles. The summed E-state index contributed by atoms with van der Waals surface area (Å²) in [4.78, 5) is 14.8. The highest BCUT2D eigenvalue weighted by atomic mass is 16.5. The third-order valence-electron chi connectivity index (χ3n) is 5.08. The van der Waals surface area contributed by atoms with Crippen LogP contribution in [0.3, 0.4) is 0 Å². The summed E-state index contributed by atoms with van der Waals surface area (Å²) in [5, 5.41) is 8.88. The molecule has 1 fully saturated rings. The number of benzene rings is 1. The Morgan fingerprint density at radius 1 is 1.39 bits per heavy atom. The van der Waals surface area contributed by atoms with Crippen molar-refractivity contribution in [2.24, 2.45) is 5.92 Å². The Balaban J connectivity index is 1.70. The van der Waals surface area contributed by atoms with Crippen molar-refractivity contribution < 1.29 is 9.53 Å². The molecule has 1 aliphatic heterocycles. The van der Waals surface area contributed by atoms with Crippen molar-refractivity contribution >= 4 is 5.91 Å². The normalized spacial score (nSPS) is 20.8. The second-order valence-corrected chi connectivity index (χ2v) is 6.65. The molecule has 1 aliphatic carbocycles. The van der Waals surface area contributed by atoms with E-state index in [0.717, 1.165) is 17.7 Å². The fourth-order valence-corrected chi connectivity index (χ4v) is 3.51. The molecule has 0 unspecified atom stereocenters. The average molecular weight is 312 g/mol. The molecule has 122 valence electrons. The molecule has 2 aliphatic rings. The summed E-state index contributed by atoms with van der Waals surface area (Å²) < 4.78 is 5.69. The van der Waals surface area contributed by atoms with Crippen LogP contribution in [0.2, 0.25) is 0 Å². The molecule has 1 amide bonds. The number of amides is 1. The summed E-state index contributed by atoms with van der Waals surface area (Å²) >= 11 is 0. The van der Waals surface area contributed by atoms with Gasteiger partial charge in [-0.2, -0.15) is 5.26 Å². The van der Waals surface area contributed by atoms with Crippen LogP contribution < -0.4 is 4.74 Å². The largest absolute Gasteiger partial charge is 0.493 e. The molecule has 0 spiro atoms. The van der Waals surface area contributed by atoms with Crippen molar-refractivity contribution in [1.82, 2.24) is 4.90 Å². The maximum atomic E-state index is 12.9. The second-order valence-electron chi connectivity index (χ2n) is 6.65. The van der Waals surface area contributed by atoms with Crippen LogP contribution in [0.15, 0.2) is 24.3 Å². The predicted octanol–water partition coefficient (Wildman–Crippen LogP) is 3.48. The minimum atomic E-state index is 0.182. The zero-order valence-electron chi connectivity index (χ0n) is 13.7. The lowest BCUT2D eigenvalue weighted by Gasteiger charge is -2.32. The monoisotopic (exact) mass is 312 g/mol. The summed E-state index contributed by atoms with van der Waals surface area (Å²) in [5.74, 6) is 1.94. The number of para-hydroxylation sites is 1. The molecule has 0 N–H and O–H groups in total. The summed E-state index contributed by atoms with van der Waals surface area (Å²) in [5.41, 5.74) is 1.14. The molecule has 1 aromatic rings. The van der Waals surface area contributed by atoms with Crippen LogP contribution in [-0.2, 0) is 4.79 Å². The van der Waals surface area contributed by atoms with Gasteiger partial charge in [0.15, 0.2) is 0 Å². The van der Waals surface area contributed by atoms with Gasteiger partial charge in [-0.3, -0.25) is 4.79 Å². The number of carbonyl (C=O) groups excluding carboxylic acids is 1. The summed E-state index contributed by atoms with van der Waals surface area (Å²) in [6, 6.07) is 10.4. The topological polar surface area (TPSA) is 53.3 Å². The van der Waals surface area contributed by atoms with Crippen LogP contribution in [-0.4, -0.2) is 30.0 Å². The minimum Gasteiger partial charge on any atom is -0.493 e. The van der Waals surface area contributed by atoms with Gasteiger partial charge >= 0.3 is 0 Å². The van der Waals surface area contributed by atoms with Crippen LogP contribution in [0.4, 0.5) is 0 Å². The van der Waals surface area contributed by atoms with Crippen molar-refractivity contribution in [2.75, 3.05) is 13.2 Å². The standard InChI is InChI=1S/C19H24N2O2/c1-14(15-7-8-15)21(11-4-10-20)19(22)13-16-9-12-23-18-6-3-2-5-17(16)18/h2-3,5-6,14-16H,4,7-9,11-13H2,1H3/t14-,16+/m1/s1. The zero-order chi connectivity index (χ0) is 16.2. The summed E-state index contributed by atoms with van der Waals surface area (Å²) in [6.45, 7) is 3.36. The fraction of sp³-hybridized carbons (Fsp3) is 0.579. The lowest BCUT2D eigenvalue weighted by Crippen LogP contribution is -2.41. The molecule has 1 aromatic carbocycles. The molecular weight excluding hydrogens is 288 g/mol. The Kier molecular flexibility index (Phi) is 4.85. The highest BCUT2D eigenvalue weighted by Crippen LogP contribution is 2.38. The molecule has 23 heavy (non-hydrogen) atoms. The number of nitrogens with zero attached hydrogens (tertiary/aromatic N) is 2. The molecule has 4 heteroatoms. The van der Waals surface area contributed by atoms with Gasteiger partial charge in [-0.15, -0.1) is 0 Å². The van der Waals surface area contributed by atoms with Gasteiger partial charge < -0.3 is 9.64 Å². The quantitative estimate of drug-likeness (QED) is 0.808. The smallest absolute Gasteiger partial charge is 0.223 e. The predicted molar refractivity (Wildman–Crippen MR) is 88.0 cm³/mol. The number of rotatable bonds is 6. The van der Waals surface area contributed by atoms with E-state index in [1.165, 1.54) is 12.8 Å². The van der Waals surface area contributed by atoms with Crippen molar-refractivity contribution in [1.29, 1.82) is 5.26 Å². The van der Waals surface area contributed by atoms with Gasteiger partial charge in [-0.25, -0.2) is 0 Å². The van der Waals surface area contributed by atoms with Crippen LogP contribution in [0.5, 0.6) is 5.75 Å². The number of ether oxygens (including phenoxy) is 1. The van der Waals surface area contributed by atoms with Crippen LogP contribution in [0.1, 0.15) is 50.5 Å². The van der Waals surface area contributed by atoms with E-state index >= 15 is 0 Å². The Labute approximate surface area is 138 Å². The van der Waals surface area contributed by atoms with Crippen molar-refractivity contribution in [3.63, 3.8) is 0 Å². The maximum absolute atomic E-state index is 12.9. The number of fused-ring (bicyclic) bond motifs is 1. The van der Waals surface area contributed by atoms with Crippen molar-refractivity contribution in [2.45, 2.75) is 51.0 Å². The first kappa shape index (κ1) is 15.9.